The van der Waals surface area contributed by atoms with Gasteiger partial charge in [-0.1, -0.05) is 17.7 Å². The van der Waals surface area contributed by atoms with Crippen LogP contribution in [0.4, 0.5) is 8.78 Å². The number of hydrogen-bond donors (Lipinski definition) is 0. The molecule has 0 radical (unpaired) electrons. The topological polar surface area (TPSA) is 9.23 Å². The average Bonchev–Trinajstić information content (AvgIpc) is 2.18. The van der Waals surface area contributed by atoms with Crippen LogP contribution in [0.5, 0.6) is 5.75 Å². The van der Waals surface area contributed by atoms with Crippen molar-refractivity contribution in [3.05, 3.63) is 28.8 Å². The first-order valence-electron chi connectivity index (χ1n) is 4.42. The van der Waals surface area contributed by atoms with Crippen molar-refractivity contribution >= 4 is 23.2 Å². The summed E-state index contributed by atoms with van der Waals surface area (Å²) in [6.45, 7) is -2.86. The van der Waals surface area contributed by atoms with Crippen LogP contribution in [0, 0.1) is 0 Å². The Balaban J connectivity index is 2.75. The lowest BCUT2D eigenvalue weighted by atomic mass is 10.1. The van der Waals surface area contributed by atoms with E-state index in [9.17, 15) is 8.78 Å². The summed E-state index contributed by atoms with van der Waals surface area (Å²) in [5, 5.41) is 0.185. The Bertz CT molecular complexity index is 318. The summed E-state index contributed by atoms with van der Waals surface area (Å²) in [6.07, 6.45) is 1.51. The smallest absolute Gasteiger partial charge is 0.387 e. The lowest BCUT2D eigenvalue weighted by molar-refractivity contribution is -0.0498. The molecule has 0 heterocycles. The van der Waals surface area contributed by atoms with Crippen molar-refractivity contribution in [2.24, 2.45) is 0 Å². The third-order valence-electron chi connectivity index (χ3n) is 1.81. The van der Waals surface area contributed by atoms with Gasteiger partial charge in [0.1, 0.15) is 5.75 Å². The van der Waals surface area contributed by atoms with Crippen molar-refractivity contribution in [2.75, 3.05) is 5.88 Å². The molecular weight excluding hydrogens is 245 g/mol. The maximum absolute atomic E-state index is 12.0. The molecule has 0 bridgehead atoms. The fraction of sp³-hybridized carbons (Fsp3) is 0.400. The van der Waals surface area contributed by atoms with Gasteiger partial charge in [-0.05, 0) is 30.5 Å². The first-order valence-corrected chi connectivity index (χ1v) is 5.34. The van der Waals surface area contributed by atoms with E-state index < -0.39 is 6.61 Å². The van der Waals surface area contributed by atoms with E-state index in [1.54, 1.807) is 12.1 Å². The quantitative estimate of drug-likeness (QED) is 0.719. The zero-order chi connectivity index (χ0) is 11.3. The summed E-state index contributed by atoms with van der Waals surface area (Å²) in [6, 6.07) is 4.83. The van der Waals surface area contributed by atoms with E-state index in [0.717, 1.165) is 18.4 Å². The van der Waals surface area contributed by atoms with Crippen molar-refractivity contribution in [3.63, 3.8) is 0 Å². The Hall–Kier alpha value is -0.540. The minimum absolute atomic E-state index is 0.0127. The maximum atomic E-state index is 12.0. The Kier molecular flexibility index (Phi) is 5.12. The summed E-state index contributed by atoms with van der Waals surface area (Å²) in [4.78, 5) is 0. The van der Waals surface area contributed by atoms with Gasteiger partial charge in [-0.3, -0.25) is 0 Å². The number of alkyl halides is 3. The van der Waals surface area contributed by atoms with Crippen molar-refractivity contribution in [1.82, 2.24) is 0 Å². The Labute approximate surface area is 96.9 Å². The molecule has 0 unspecified atom stereocenters. The van der Waals surface area contributed by atoms with E-state index in [0.29, 0.717) is 5.88 Å². The monoisotopic (exact) mass is 254 g/mol. The van der Waals surface area contributed by atoms with E-state index in [2.05, 4.69) is 4.74 Å². The van der Waals surface area contributed by atoms with Gasteiger partial charge in [-0.2, -0.15) is 8.78 Å². The first kappa shape index (κ1) is 12.5. The van der Waals surface area contributed by atoms with Crippen LogP contribution in [0.25, 0.3) is 0 Å². The molecule has 0 atom stereocenters. The molecular formula is C10H10Cl2F2O. The molecule has 1 aromatic carbocycles. The number of rotatable bonds is 5. The standard InChI is InChI=1S/C10H10Cl2F2O/c11-5-1-2-7-3-4-8(12)9(6-7)15-10(13)14/h3-4,6,10H,1-2,5H2. The fourth-order valence-corrected chi connectivity index (χ4v) is 1.46. The lowest BCUT2D eigenvalue weighted by Crippen LogP contribution is -2.02. The molecule has 0 aliphatic heterocycles. The summed E-state index contributed by atoms with van der Waals surface area (Å²) in [5.74, 6) is 0.548. The molecule has 0 aromatic heterocycles. The summed E-state index contributed by atoms with van der Waals surface area (Å²) in [7, 11) is 0. The largest absolute Gasteiger partial charge is 0.433 e. The zero-order valence-corrected chi connectivity index (χ0v) is 9.36. The van der Waals surface area contributed by atoms with Gasteiger partial charge in [0.2, 0.25) is 0 Å². The molecule has 0 aliphatic carbocycles. The van der Waals surface area contributed by atoms with Crippen LogP contribution in [-0.4, -0.2) is 12.5 Å². The van der Waals surface area contributed by atoms with Gasteiger partial charge in [0.15, 0.2) is 0 Å². The fourth-order valence-electron chi connectivity index (χ4n) is 1.16. The predicted molar refractivity (Wildman–Crippen MR) is 57.1 cm³/mol. The normalized spacial score (nSPS) is 10.7. The van der Waals surface area contributed by atoms with E-state index in [1.165, 1.54) is 6.07 Å². The SMILES string of the molecule is FC(F)Oc1cc(CCCCl)ccc1Cl. The summed E-state index contributed by atoms with van der Waals surface area (Å²) >= 11 is 11.2. The number of aryl methyl sites for hydroxylation is 1. The van der Waals surface area contributed by atoms with Crippen LogP contribution in [0.3, 0.4) is 0 Å². The van der Waals surface area contributed by atoms with E-state index in [4.69, 9.17) is 23.2 Å². The maximum Gasteiger partial charge on any atom is 0.387 e. The molecule has 0 saturated heterocycles. The highest BCUT2D eigenvalue weighted by atomic mass is 35.5. The van der Waals surface area contributed by atoms with Gasteiger partial charge in [0.25, 0.3) is 0 Å². The van der Waals surface area contributed by atoms with Gasteiger partial charge < -0.3 is 4.74 Å². The summed E-state index contributed by atoms with van der Waals surface area (Å²) in [5.41, 5.74) is 0.885. The molecule has 1 aromatic rings. The highest BCUT2D eigenvalue weighted by Crippen LogP contribution is 2.27. The number of ether oxygens (including phenoxy) is 1. The second-order valence-corrected chi connectivity index (χ2v) is 3.72. The van der Waals surface area contributed by atoms with Crippen molar-refractivity contribution in [3.8, 4) is 5.75 Å². The summed E-state index contributed by atoms with van der Waals surface area (Å²) < 4.78 is 28.2. The van der Waals surface area contributed by atoms with Gasteiger partial charge >= 0.3 is 6.61 Å². The zero-order valence-electron chi connectivity index (χ0n) is 7.85. The van der Waals surface area contributed by atoms with Crippen LogP contribution in [0.1, 0.15) is 12.0 Å². The Morgan fingerprint density at radius 2 is 2.07 bits per heavy atom. The molecule has 0 fully saturated rings. The van der Waals surface area contributed by atoms with Crippen LogP contribution in [-0.2, 0) is 6.42 Å². The molecule has 15 heavy (non-hydrogen) atoms. The van der Waals surface area contributed by atoms with Gasteiger partial charge in [0.05, 0.1) is 5.02 Å². The molecule has 0 N–H and O–H groups in total. The molecule has 0 saturated carbocycles. The number of halogens is 4. The lowest BCUT2D eigenvalue weighted by Gasteiger charge is -2.08. The van der Waals surface area contributed by atoms with E-state index >= 15 is 0 Å². The van der Waals surface area contributed by atoms with Crippen LogP contribution in [0.2, 0.25) is 5.02 Å². The molecule has 0 amide bonds. The van der Waals surface area contributed by atoms with Crippen molar-refractivity contribution in [2.45, 2.75) is 19.5 Å². The third kappa shape index (κ3) is 4.22. The molecule has 84 valence electrons. The van der Waals surface area contributed by atoms with Gasteiger partial charge in [-0.15, -0.1) is 11.6 Å². The molecule has 1 rings (SSSR count). The van der Waals surface area contributed by atoms with Crippen molar-refractivity contribution < 1.29 is 13.5 Å². The van der Waals surface area contributed by atoms with E-state index in [1.807, 2.05) is 0 Å². The second-order valence-electron chi connectivity index (χ2n) is 2.94. The minimum atomic E-state index is -2.86. The van der Waals surface area contributed by atoms with Crippen LogP contribution >= 0.6 is 23.2 Å². The number of benzene rings is 1. The number of hydrogen-bond acceptors (Lipinski definition) is 1. The highest BCUT2D eigenvalue weighted by molar-refractivity contribution is 6.32. The Morgan fingerprint density at radius 1 is 1.33 bits per heavy atom. The predicted octanol–water partition coefficient (Wildman–Crippen LogP) is 4.11. The van der Waals surface area contributed by atoms with Gasteiger partial charge in [-0.25, -0.2) is 0 Å². The van der Waals surface area contributed by atoms with Crippen molar-refractivity contribution in [1.29, 1.82) is 0 Å². The second kappa shape index (κ2) is 6.13. The average molecular weight is 255 g/mol. The van der Waals surface area contributed by atoms with Crippen LogP contribution < -0.4 is 4.74 Å². The van der Waals surface area contributed by atoms with Gasteiger partial charge in [0, 0.05) is 5.88 Å². The van der Waals surface area contributed by atoms with Crippen LogP contribution in [0.15, 0.2) is 18.2 Å². The Morgan fingerprint density at radius 3 is 2.67 bits per heavy atom. The molecule has 0 spiro atoms. The minimum Gasteiger partial charge on any atom is -0.433 e. The highest BCUT2D eigenvalue weighted by Gasteiger charge is 2.09. The first-order chi connectivity index (χ1) is 7.13. The third-order valence-corrected chi connectivity index (χ3v) is 2.39. The molecule has 5 heteroatoms. The van der Waals surface area contributed by atoms with E-state index in [-0.39, 0.29) is 10.8 Å². The molecule has 0 aliphatic rings. The molecule has 1 nitrogen and oxygen atoms in total.